The van der Waals surface area contributed by atoms with Crippen LogP contribution in [0.15, 0.2) is 12.2 Å². The van der Waals surface area contributed by atoms with E-state index >= 15 is 0 Å². The summed E-state index contributed by atoms with van der Waals surface area (Å²) in [6.45, 7) is 6.63. The lowest BCUT2D eigenvalue weighted by atomic mass is 10.2. The highest BCUT2D eigenvalue weighted by atomic mass is 16.6. The maximum atomic E-state index is 11.3. The molecule has 0 saturated heterocycles. The average molecular weight is 199 g/mol. The first-order chi connectivity index (χ1) is 6.47. The van der Waals surface area contributed by atoms with Crippen LogP contribution in [0.5, 0.6) is 0 Å². The van der Waals surface area contributed by atoms with Gasteiger partial charge in [-0.25, -0.2) is 4.79 Å². The summed E-state index contributed by atoms with van der Waals surface area (Å²) < 4.78 is 10.3. The fraction of sp³-hybridized carbons (Fsp3) is 0.700. The number of alkyl carbamates (subject to hydrolysis) is 1. The summed E-state index contributed by atoms with van der Waals surface area (Å²) in [7, 11) is 0. The first-order valence-corrected chi connectivity index (χ1v) is 4.71. The largest absolute Gasteiger partial charge is 0.444 e. The van der Waals surface area contributed by atoms with E-state index in [0.29, 0.717) is 13.2 Å². The van der Waals surface area contributed by atoms with Crippen LogP contribution in [0.25, 0.3) is 0 Å². The Labute approximate surface area is 84.3 Å². The lowest BCUT2D eigenvalue weighted by Crippen LogP contribution is -2.41. The van der Waals surface area contributed by atoms with Crippen LogP contribution in [-0.2, 0) is 9.47 Å². The van der Waals surface area contributed by atoms with Gasteiger partial charge in [0.2, 0.25) is 0 Å². The van der Waals surface area contributed by atoms with Gasteiger partial charge in [0.05, 0.1) is 19.3 Å². The number of amides is 1. The molecule has 4 nitrogen and oxygen atoms in total. The average Bonchev–Trinajstić information content (AvgIpc) is 2.02. The molecule has 1 amide bonds. The van der Waals surface area contributed by atoms with E-state index in [2.05, 4.69) is 5.32 Å². The van der Waals surface area contributed by atoms with Gasteiger partial charge in [0.1, 0.15) is 5.60 Å². The molecule has 80 valence electrons. The number of rotatable bonds is 1. The van der Waals surface area contributed by atoms with Gasteiger partial charge in [0.25, 0.3) is 0 Å². The van der Waals surface area contributed by atoms with Gasteiger partial charge in [-0.2, -0.15) is 0 Å². The van der Waals surface area contributed by atoms with Crippen LogP contribution in [0, 0.1) is 0 Å². The van der Waals surface area contributed by atoms with Crippen molar-refractivity contribution in [1.29, 1.82) is 0 Å². The van der Waals surface area contributed by atoms with E-state index in [1.807, 2.05) is 32.9 Å². The van der Waals surface area contributed by atoms with Gasteiger partial charge in [-0.15, -0.1) is 0 Å². The van der Waals surface area contributed by atoms with Crippen molar-refractivity contribution in [1.82, 2.24) is 5.32 Å². The molecule has 1 aliphatic rings. The Morgan fingerprint density at radius 2 is 2.29 bits per heavy atom. The standard InChI is InChI=1S/C10H17NO3/c1-10(2,3)14-9(12)11-8-5-4-6-13-7-8/h4-5,8H,6-7H2,1-3H3,(H,11,12)/t8-/m0/s1. The van der Waals surface area contributed by atoms with Crippen molar-refractivity contribution in [2.24, 2.45) is 0 Å². The Morgan fingerprint density at radius 1 is 1.57 bits per heavy atom. The molecule has 14 heavy (non-hydrogen) atoms. The minimum atomic E-state index is -0.455. The van der Waals surface area contributed by atoms with Crippen molar-refractivity contribution < 1.29 is 14.3 Å². The Morgan fingerprint density at radius 3 is 2.79 bits per heavy atom. The van der Waals surface area contributed by atoms with E-state index in [4.69, 9.17) is 9.47 Å². The Kier molecular flexibility index (Phi) is 3.52. The molecule has 0 aromatic rings. The Balaban J connectivity index is 2.33. The second kappa shape index (κ2) is 4.46. The van der Waals surface area contributed by atoms with Gasteiger partial charge in [-0.1, -0.05) is 12.2 Å². The summed E-state index contributed by atoms with van der Waals surface area (Å²) in [5, 5.41) is 2.70. The molecule has 0 radical (unpaired) electrons. The van der Waals surface area contributed by atoms with Crippen LogP contribution in [0.1, 0.15) is 20.8 Å². The van der Waals surface area contributed by atoms with Gasteiger partial charge in [-0.3, -0.25) is 0 Å². The van der Waals surface area contributed by atoms with Crippen LogP contribution in [-0.4, -0.2) is 30.9 Å². The molecule has 0 fully saturated rings. The molecule has 0 unspecified atom stereocenters. The normalized spacial score (nSPS) is 21.8. The highest BCUT2D eigenvalue weighted by Gasteiger charge is 2.18. The number of ether oxygens (including phenoxy) is 2. The van der Waals surface area contributed by atoms with E-state index in [1.54, 1.807) is 0 Å². The molecule has 1 heterocycles. The molecule has 0 spiro atoms. The molecule has 0 aliphatic carbocycles. The van der Waals surface area contributed by atoms with Crippen molar-refractivity contribution in [2.45, 2.75) is 32.4 Å². The number of nitrogens with one attached hydrogen (secondary N) is 1. The third kappa shape index (κ3) is 4.28. The van der Waals surface area contributed by atoms with Gasteiger partial charge < -0.3 is 14.8 Å². The second-order valence-corrected chi connectivity index (χ2v) is 4.22. The SMILES string of the molecule is CC(C)(C)OC(=O)N[C@H]1C=CCOC1. The zero-order valence-corrected chi connectivity index (χ0v) is 8.87. The number of hydrogen-bond acceptors (Lipinski definition) is 3. The van der Waals surface area contributed by atoms with Crippen molar-refractivity contribution in [3.05, 3.63) is 12.2 Å². The number of hydrogen-bond donors (Lipinski definition) is 1. The molecule has 1 atom stereocenters. The van der Waals surface area contributed by atoms with Crippen molar-refractivity contribution in [2.75, 3.05) is 13.2 Å². The van der Waals surface area contributed by atoms with Crippen molar-refractivity contribution >= 4 is 6.09 Å². The van der Waals surface area contributed by atoms with Gasteiger partial charge in [0.15, 0.2) is 0 Å². The highest BCUT2D eigenvalue weighted by Crippen LogP contribution is 2.07. The zero-order valence-electron chi connectivity index (χ0n) is 8.87. The number of carbonyl (C=O) groups is 1. The predicted octanol–water partition coefficient (Wildman–Crippen LogP) is 1.47. The summed E-state index contributed by atoms with van der Waals surface area (Å²) in [5.41, 5.74) is -0.455. The third-order valence-corrected chi connectivity index (χ3v) is 1.58. The van der Waals surface area contributed by atoms with E-state index < -0.39 is 11.7 Å². The molecular formula is C10H17NO3. The summed E-state index contributed by atoms with van der Waals surface area (Å²) in [6, 6.07) is -0.0707. The minimum absolute atomic E-state index is 0.0707. The van der Waals surface area contributed by atoms with Crippen LogP contribution >= 0.6 is 0 Å². The maximum absolute atomic E-state index is 11.3. The summed E-state index contributed by atoms with van der Waals surface area (Å²) in [6.07, 6.45) is 3.39. The maximum Gasteiger partial charge on any atom is 0.408 e. The summed E-state index contributed by atoms with van der Waals surface area (Å²) in [4.78, 5) is 11.3. The highest BCUT2D eigenvalue weighted by molar-refractivity contribution is 5.68. The smallest absolute Gasteiger partial charge is 0.408 e. The molecule has 1 rings (SSSR count). The molecule has 0 aromatic carbocycles. The molecule has 0 saturated carbocycles. The van der Waals surface area contributed by atoms with Crippen LogP contribution in [0.3, 0.4) is 0 Å². The van der Waals surface area contributed by atoms with Gasteiger partial charge >= 0.3 is 6.09 Å². The van der Waals surface area contributed by atoms with Crippen molar-refractivity contribution in [3.8, 4) is 0 Å². The lowest BCUT2D eigenvalue weighted by molar-refractivity contribution is 0.0470. The molecule has 4 heteroatoms. The topological polar surface area (TPSA) is 47.6 Å². The van der Waals surface area contributed by atoms with Gasteiger partial charge in [0, 0.05) is 0 Å². The lowest BCUT2D eigenvalue weighted by Gasteiger charge is -2.23. The first-order valence-electron chi connectivity index (χ1n) is 4.71. The van der Waals surface area contributed by atoms with E-state index in [0.717, 1.165) is 0 Å². The molecule has 0 aromatic heterocycles. The van der Waals surface area contributed by atoms with Crippen LogP contribution in [0.2, 0.25) is 0 Å². The van der Waals surface area contributed by atoms with Crippen molar-refractivity contribution in [3.63, 3.8) is 0 Å². The first kappa shape index (κ1) is 11.0. The monoisotopic (exact) mass is 199 g/mol. The molecule has 1 N–H and O–H groups in total. The fourth-order valence-corrected chi connectivity index (χ4v) is 1.09. The van der Waals surface area contributed by atoms with E-state index in [9.17, 15) is 4.79 Å². The van der Waals surface area contributed by atoms with E-state index in [-0.39, 0.29) is 6.04 Å². The Bertz CT molecular complexity index is 230. The van der Waals surface area contributed by atoms with Crippen LogP contribution < -0.4 is 5.32 Å². The third-order valence-electron chi connectivity index (χ3n) is 1.58. The minimum Gasteiger partial charge on any atom is -0.444 e. The zero-order chi connectivity index (χ0) is 10.6. The van der Waals surface area contributed by atoms with Gasteiger partial charge in [-0.05, 0) is 20.8 Å². The fourth-order valence-electron chi connectivity index (χ4n) is 1.09. The van der Waals surface area contributed by atoms with E-state index in [1.165, 1.54) is 0 Å². The predicted molar refractivity (Wildman–Crippen MR) is 53.1 cm³/mol. The second-order valence-electron chi connectivity index (χ2n) is 4.22. The summed E-state index contributed by atoms with van der Waals surface area (Å²) in [5.74, 6) is 0. The van der Waals surface area contributed by atoms with Crippen LogP contribution in [0.4, 0.5) is 4.79 Å². The molecule has 1 aliphatic heterocycles. The number of carbonyl (C=O) groups excluding carboxylic acids is 1. The Hall–Kier alpha value is -1.03. The summed E-state index contributed by atoms with van der Waals surface area (Å²) >= 11 is 0. The molecular weight excluding hydrogens is 182 g/mol. The quantitative estimate of drug-likeness (QED) is 0.650. The molecule has 0 bridgehead atoms.